The van der Waals surface area contributed by atoms with Gasteiger partial charge in [-0.25, -0.2) is 4.79 Å². The zero-order valence-electron chi connectivity index (χ0n) is 18.9. The molecule has 4 aromatic rings. The van der Waals surface area contributed by atoms with Crippen LogP contribution in [0.25, 0.3) is 11.2 Å². The summed E-state index contributed by atoms with van der Waals surface area (Å²) < 4.78 is 4.82. The van der Waals surface area contributed by atoms with E-state index in [9.17, 15) is 9.59 Å². The van der Waals surface area contributed by atoms with E-state index >= 15 is 0 Å². The predicted octanol–water partition coefficient (Wildman–Crippen LogP) is 3.35. The molecule has 0 fully saturated rings. The number of anilines is 2. The van der Waals surface area contributed by atoms with Gasteiger partial charge in [-0.2, -0.15) is 4.98 Å². The Hall–Kier alpha value is -3.61. The van der Waals surface area contributed by atoms with Crippen LogP contribution >= 0.6 is 0 Å². The topological polar surface area (TPSA) is 65.1 Å². The van der Waals surface area contributed by atoms with Gasteiger partial charge in [-0.1, -0.05) is 48.9 Å². The van der Waals surface area contributed by atoms with E-state index in [1.165, 1.54) is 9.13 Å². The van der Waals surface area contributed by atoms with E-state index in [0.717, 1.165) is 28.9 Å². The molecule has 32 heavy (non-hydrogen) atoms. The van der Waals surface area contributed by atoms with Crippen molar-refractivity contribution in [3.63, 3.8) is 0 Å². The van der Waals surface area contributed by atoms with Crippen LogP contribution in [0, 0.1) is 19.8 Å². The zero-order chi connectivity index (χ0) is 22.6. The highest BCUT2D eigenvalue weighted by Gasteiger charge is 2.29. The molecule has 1 atom stereocenters. The van der Waals surface area contributed by atoms with E-state index in [-0.39, 0.29) is 17.8 Å². The van der Waals surface area contributed by atoms with Crippen molar-refractivity contribution in [2.24, 2.45) is 13.0 Å². The Bertz CT molecular complexity index is 1450. The summed E-state index contributed by atoms with van der Waals surface area (Å²) in [5.74, 6) is 1.03. The fourth-order valence-electron chi connectivity index (χ4n) is 4.61. The molecule has 0 bridgehead atoms. The number of nitrogens with zero attached hydrogens (tertiary/aromatic N) is 5. The van der Waals surface area contributed by atoms with E-state index in [0.29, 0.717) is 29.6 Å². The number of aromatic nitrogens is 4. The van der Waals surface area contributed by atoms with Crippen LogP contribution in [-0.4, -0.2) is 25.2 Å². The molecule has 2 aromatic heterocycles. The average Bonchev–Trinajstić information content (AvgIpc) is 3.17. The number of rotatable bonds is 3. The van der Waals surface area contributed by atoms with Crippen molar-refractivity contribution >= 4 is 22.8 Å². The third kappa shape index (κ3) is 3.16. The molecule has 7 heteroatoms. The van der Waals surface area contributed by atoms with Crippen LogP contribution in [0.3, 0.4) is 0 Å². The fraction of sp³-hybridized carbons (Fsp3) is 0.320. The number of imidazole rings is 1. The Balaban J connectivity index is 1.74. The summed E-state index contributed by atoms with van der Waals surface area (Å²) >= 11 is 0. The molecule has 0 unspecified atom stereocenters. The standard InChI is InChI=1S/C25H27N5O2/c1-16-10-11-18(3)19(12-16)15-30-23(31)21-22(27(4)25(30)32)26-24-28(13-17(2)14-29(21)24)20-8-6-5-7-9-20/h5-12,17H,13-15H2,1-4H3/t17-/m0/s1. The van der Waals surface area contributed by atoms with Gasteiger partial charge in [0.15, 0.2) is 11.2 Å². The third-order valence-corrected chi connectivity index (χ3v) is 6.34. The highest BCUT2D eigenvalue weighted by Crippen LogP contribution is 2.32. The fourth-order valence-corrected chi connectivity index (χ4v) is 4.61. The Morgan fingerprint density at radius 3 is 2.53 bits per heavy atom. The van der Waals surface area contributed by atoms with Crippen LogP contribution in [0.2, 0.25) is 0 Å². The number of benzene rings is 2. The van der Waals surface area contributed by atoms with Crippen molar-refractivity contribution in [1.29, 1.82) is 0 Å². The first-order valence-corrected chi connectivity index (χ1v) is 10.9. The van der Waals surface area contributed by atoms with Crippen molar-refractivity contribution < 1.29 is 0 Å². The quantitative estimate of drug-likeness (QED) is 0.501. The van der Waals surface area contributed by atoms with Crippen LogP contribution in [0.1, 0.15) is 23.6 Å². The van der Waals surface area contributed by atoms with Gasteiger partial charge in [-0.15, -0.1) is 0 Å². The monoisotopic (exact) mass is 429 g/mol. The second-order valence-corrected chi connectivity index (χ2v) is 8.91. The lowest BCUT2D eigenvalue weighted by Gasteiger charge is -2.32. The molecule has 7 nitrogen and oxygen atoms in total. The van der Waals surface area contributed by atoms with Gasteiger partial charge in [-0.3, -0.25) is 13.9 Å². The van der Waals surface area contributed by atoms with Crippen LogP contribution in [0.4, 0.5) is 11.6 Å². The van der Waals surface area contributed by atoms with E-state index in [2.05, 4.69) is 11.8 Å². The van der Waals surface area contributed by atoms with Gasteiger partial charge in [0.1, 0.15) is 0 Å². The molecule has 0 aliphatic carbocycles. The molecule has 1 aliphatic heterocycles. The minimum atomic E-state index is -0.349. The smallest absolute Gasteiger partial charge is 0.312 e. The second-order valence-electron chi connectivity index (χ2n) is 8.91. The van der Waals surface area contributed by atoms with Crippen LogP contribution in [-0.2, 0) is 20.1 Å². The van der Waals surface area contributed by atoms with E-state index in [4.69, 9.17) is 4.98 Å². The van der Waals surface area contributed by atoms with Crippen molar-refractivity contribution in [3.8, 4) is 0 Å². The maximum Gasteiger partial charge on any atom is 0.332 e. The maximum atomic E-state index is 13.7. The summed E-state index contributed by atoms with van der Waals surface area (Å²) in [7, 11) is 1.69. The van der Waals surface area contributed by atoms with Gasteiger partial charge in [0.25, 0.3) is 5.56 Å². The first-order valence-electron chi connectivity index (χ1n) is 10.9. The Morgan fingerprint density at radius 2 is 1.78 bits per heavy atom. The highest BCUT2D eigenvalue weighted by molar-refractivity contribution is 5.77. The summed E-state index contributed by atoms with van der Waals surface area (Å²) in [6.07, 6.45) is 0. The summed E-state index contributed by atoms with van der Waals surface area (Å²) in [6.45, 7) is 7.92. The lowest BCUT2D eigenvalue weighted by molar-refractivity contribution is 0.458. The number of aryl methyl sites for hydroxylation is 3. The number of hydrogen-bond donors (Lipinski definition) is 0. The molecule has 0 spiro atoms. The number of para-hydroxylation sites is 1. The SMILES string of the molecule is Cc1ccc(C)c(Cn2c(=O)c3c(nc4n3C[C@@H](C)CN4c3ccccc3)n(C)c2=O)c1. The third-order valence-electron chi connectivity index (χ3n) is 6.34. The number of hydrogen-bond acceptors (Lipinski definition) is 4. The highest BCUT2D eigenvalue weighted by atomic mass is 16.2. The van der Waals surface area contributed by atoms with Crippen LogP contribution in [0.5, 0.6) is 0 Å². The van der Waals surface area contributed by atoms with Crippen molar-refractivity contribution in [1.82, 2.24) is 18.7 Å². The van der Waals surface area contributed by atoms with Crippen molar-refractivity contribution in [2.75, 3.05) is 11.4 Å². The van der Waals surface area contributed by atoms with E-state index < -0.39 is 0 Å². The maximum absolute atomic E-state index is 13.7. The molecule has 0 saturated heterocycles. The zero-order valence-corrected chi connectivity index (χ0v) is 18.9. The minimum absolute atomic E-state index is 0.243. The normalized spacial score (nSPS) is 15.9. The first kappa shape index (κ1) is 20.3. The Kier molecular flexibility index (Phi) is 4.77. The van der Waals surface area contributed by atoms with Gasteiger partial charge in [-0.05, 0) is 43.0 Å². The Morgan fingerprint density at radius 1 is 1.03 bits per heavy atom. The molecule has 0 radical (unpaired) electrons. The van der Waals surface area contributed by atoms with Gasteiger partial charge < -0.3 is 9.47 Å². The summed E-state index contributed by atoms with van der Waals surface area (Å²) in [5.41, 5.74) is 4.44. The summed E-state index contributed by atoms with van der Waals surface area (Å²) in [4.78, 5) is 33.8. The second kappa shape index (κ2) is 7.51. The molecule has 0 saturated carbocycles. The van der Waals surface area contributed by atoms with Crippen molar-refractivity contribution in [2.45, 2.75) is 33.9 Å². The largest absolute Gasteiger partial charge is 0.332 e. The van der Waals surface area contributed by atoms with Gasteiger partial charge >= 0.3 is 5.69 Å². The molecule has 164 valence electrons. The first-order chi connectivity index (χ1) is 15.3. The minimum Gasteiger partial charge on any atom is -0.312 e. The molecular weight excluding hydrogens is 402 g/mol. The van der Waals surface area contributed by atoms with Gasteiger partial charge in [0.2, 0.25) is 5.95 Å². The molecule has 2 aromatic carbocycles. The lowest BCUT2D eigenvalue weighted by atomic mass is 10.1. The molecule has 0 amide bonds. The molecular formula is C25H27N5O2. The van der Waals surface area contributed by atoms with E-state index in [1.807, 2.05) is 66.9 Å². The molecule has 5 rings (SSSR count). The lowest BCUT2D eigenvalue weighted by Crippen LogP contribution is -2.40. The van der Waals surface area contributed by atoms with E-state index in [1.54, 1.807) is 7.05 Å². The molecule has 3 heterocycles. The van der Waals surface area contributed by atoms with Crippen LogP contribution in [0.15, 0.2) is 58.1 Å². The van der Waals surface area contributed by atoms with Gasteiger partial charge in [0, 0.05) is 25.8 Å². The van der Waals surface area contributed by atoms with Gasteiger partial charge in [0.05, 0.1) is 6.54 Å². The molecule has 0 N–H and O–H groups in total. The summed E-state index contributed by atoms with van der Waals surface area (Å²) in [5, 5.41) is 0. The average molecular weight is 430 g/mol. The van der Waals surface area contributed by atoms with Crippen LogP contribution < -0.4 is 16.1 Å². The number of fused-ring (bicyclic) bond motifs is 3. The Labute approximate surface area is 186 Å². The van der Waals surface area contributed by atoms with Crippen molar-refractivity contribution in [3.05, 3.63) is 86.1 Å². The summed E-state index contributed by atoms with van der Waals surface area (Å²) in [6, 6.07) is 16.2. The predicted molar refractivity (Wildman–Crippen MR) is 127 cm³/mol. The molecule has 1 aliphatic rings.